The van der Waals surface area contributed by atoms with E-state index in [0.717, 1.165) is 0 Å². The number of rotatable bonds is 4. The molecule has 0 aliphatic heterocycles. The van der Waals surface area contributed by atoms with E-state index in [1.54, 1.807) is 19.1 Å². The molecule has 0 spiro atoms. The summed E-state index contributed by atoms with van der Waals surface area (Å²) in [6.07, 6.45) is -1.10. The first-order chi connectivity index (χ1) is 9.29. The summed E-state index contributed by atoms with van der Waals surface area (Å²) < 4.78 is 43.3. The molecule has 0 unspecified atom stereocenters. The van der Waals surface area contributed by atoms with Gasteiger partial charge in [0.05, 0.1) is 12.2 Å². The monoisotopic (exact) mass is 291 g/mol. The molecule has 3 atom stereocenters. The van der Waals surface area contributed by atoms with E-state index in [2.05, 4.69) is 5.32 Å². The Labute approximate surface area is 116 Å². The minimum Gasteiger partial charge on any atom is -0.466 e. The third-order valence-corrected chi connectivity index (χ3v) is 3.92. The van der Waals surface area contributed by atoms with E-state index >= 15 is 0 Å². The molecule has 0 aromatic carbocycles. The van der Waals surface area contributed by atoms with E-state index in [9.17, 15) is 18.3 Å². The van der Waals surface area contributed by atoms with Crippen LogP contribution in [0.4, 0.5) is 13.2 Å². The number of hydrogen-bond donors (Lipinski definition) is 2. The zero-order valence-corrected chi connectivity index (χ0v) is 11.4. The van der Waals surface area contributed by atoms with Crippen LogP contribution < -0.4 is 5.32 Å². The number of halogens is 3. The maximum Gasteiger partial charge on any atom is 0.391 e. The van der Waals surface area contributed by atoms with E-state index in [-0.39, 0.29) is 25.4 Å². The molecule has 0 bridgehead atoms. The summed E-state index contributed by atoms with van der Waals surface area (Å²) in [6.45, 7) is 1.76. The van der Waals surface area contributed by atoms with Crippen LogP contribution in [-0.4, -0.2) is 23.9 Å². The van der Waals surface area contributed by atoms with Gasteiger partial charge in [-0.1, -0.05) is 6.42 Å². The highest BCUT2D eigenvalue weighted by Crippen LogP contribution is 2.37. The largest absolute Gasteiger partial charge is 0.466 e. The van der Waals surface area contributed by atoms with E-state index in [4.69, 9.17) is 4.42 Å². The maximum absolute atomic E-state index is 12.7. The number of furan rings is 1. The van der Waals surface area contributed by atoms with E-state index in [0.29, 0.717) is 18.6 Å². The Morgan fingerprint density at radius 1 is 1.40 bits per heavy atom. The summed E-state index contributed by atoms with van der Waals surface area (Å²) in [7, 11) is 0. The molecule has 1 saturated carbocycles. The fourth-order valence-electron chi connectivity index (χ4n) is 2.69. The highest BCUT2D eigenvalue weighted by molar-refractivity contribution is 5.08. The van der Waals surface area contributed by atoms with Crippen LogP contribution in [0.3, 0.4) is 0 Å². The predicted octanol–water partition coefficient (Wildman–Crippen LogP) is 3.20. The fourth-order valence-corrected chi connectivity index (χ4v) is 2.69. The van der Waals surface area contributed by atoms with Gasteiger partial charge in [0.2, 0.25) is 0 Å². The number of nitrogens with one attached hydrogen (secondary N) is 1. The van der Waals surface area contributed by atoms with Crippen LogP contribution in [0.15, 0.2) is 22.8 Å². The third-order valence-electron chi connectivity index (χ3n) is 3.92. The first-order valence-corrected chi connectivity index (χ1v) is 6.85. The van der Waals surface area contributed by atoms with Crippen molar-refractivity contribution in [2.45, 2.75) is 50.4 Å². The Morgan fingerprint density at radius 3 is 2.75 bits per heavy atom. The van der Waals surface area contributed by atoms with Gasteiger partial charge in [-0.2, -0.15) is 13.2 Å². The lowest BCUT2D eigenvalue weighted by Gasteiger charge is -2.33. The quantitative estimate of drug-likeness (QED) is 0.895. The molecule has 1 aliphatic carbocycles. The molecule has 1 aromatic heterocycles. The van der Waals surface area contributed by atoms with Crippen LogP contribution >= 0.6 is 0 Å². The van der Waals surface area contributed by atoms with Crippen LogP contribution in [-0.2, 0) is 5.60 Å². The molecule has 6 heteroatoms. The highest BCUT2D eigenvalue weighted by Gasteiger charge is 2.42. The van der Waals surface area contributed by atoms with Crippen LogP contribution in [0.5, 0.6) is 0 Å². The van der Waals surface area contributed by atoms with Crippen molar-refractivity contribution in [2.75, 3.05) is 6.54 Å². The van der Waals surface area contributed by atoms with Crippen molar-refractivity contribution < 1.29 is 22.7 Å². The molecule has 114 valence electrons. The second kappa shape index (κ2) is 5.77. The third kappa shape index (κ3) is 3.76. The lowest BCUT2D eigenvalue weighted by Crippen LogP contribution is -2.44. The van der Waals surface area contributed by atoms with E-state index in [1.165, 1.54) is 6.26 Å². The Kier molecular flexibility index (Phi) is 4.44. The minimum absolute atomic E-state index is 0.0811. The standard InChI is InChI=1S/C14H20F3NO2/c1-13(19,12-6-3-7-20-12)9-18-11-5-2-4-10(8-11)14(15,16)17/h3,6-7,10-11,18-19H,2,4-5,8-9H2,1H3/t10-,11+,13+/m1/s1. The number of alkyl halides is 3. The van der Waals surface area contributed by atoms with Crippen LogP contribution in [0.2, 0.25) is 0 Å². The molecule has 2 rings (SSSR count). The first-order valence-electron chi connectivity index (χ1n) is 6.85. The highest BCUT2D eigenvalue weighted by atomic mass is 19.4. The van der Waals surface area contributed by atoms with Crippen molar-refractivity contribution in [1.29, 1.82) is 0 Å². The van der Waals surface area contributed by atoms with Crippen LogP contribution in [0, 0.1) is 5.92 Å². The van der Waals surface area contributed by atoms with Gasteiger partial charge in [-0.15, -0.1) is 0 Å². The van der Waals surface area contributed by atoms with Gasteiger partial charge in [0, 0.05) is 12.6 Å². The average Bonchev–Trinajstić information content (AvgIpc) is 2.90. The second-order valence-electron chi connectivity index (χ2n) is 5.73. The topological polar surface area (TPSA) is 45.4 Å². The summed E-state index contributed by atoms with van der Waals surface area (Å²) in [5.41, 5.74) is -1.21. The molecular formula is C14H20F3NO2. The van der Waals surface area contributed by atoms with Crippen LogP contribution in [0.1, 0.15) is 38.4 Å². The van der Waals surface area contributed by atoms with Gasteiger partial charge in [-0.25, -0.2) is 0 Å². The van der Waals surface area contributed by atoms with Gasteiger partial charge in [0.1, 0.15) is 11.4 Å². The number of hydrogen-bond acceptors (Lipinski definition) is 3. The molecule has 2 N–H and O–H groups in total. The van der Waals surface area contributed by atoms with Gasteiger partial charge >= 0.3 is 6.18 Å². The van der Waals surface area contributed by atoms with Crippen LogP contribution in [0.25, 0.3) is 0 Å². The van der Waals surface area contributed by atoms with Gasteiger partial charge in [0.25, 0.3) is 0 Å². The SMILES string of the molecule is C[C@](O)(CN[C@H]1CCC[C@@H](C(F)(F)F)C1)c1ccco1. The molecular weight excluding hydrogens is 271 g/mol. The zero-order chi connectivity index (χ0) is 14.8. The molecule has 0 saturated heterocycles. The zero-order valence-electron chi connectivity index (χ0n) is 11.4. The summed E-state index contributed by atoms with van der Waals surface area (Å²) in [6, 6.07) is 3.11. The second-order valence-corrected chi connectivity index (χ2v) is 5.73. The Balaban J connectivity index is 1.88. The molecule has 1 fully saturated rings. The number of aliphatic hydroxyl groups is 1. The van der Waals surface area contributed by atoms with Crippen molar-refractivity contribution in [3.05, 3.63) is 24.2 Å². The molecule has 1 aliphatic rings. The Bertz CT molecular complexity index is 415. The normalized spacial score (nSPS) is 27.2. The molecule has 20 heavy (non-hydrogen) atoms. The Morgan fingerprint density at radius 2 is 2.15 bits per heavy atom. The first kappa shape index (κ1) is 15.4. The van der Waals surface area contributed by atoms with Crippen molar-refractivity contribution >= 4 is 0 Å². The molecule has 0 radical (unpaired) electrons. The van der Waals surface area contributed by atoms with Gasteiger partial charge in [-0.3, -0.25) is 0 Å². The molecule has 0 amide bonds. The minimum atomic E-state index is -4.12. The van der Waals surface area contributed by atoms with Crippen molar-refractivity contribution in [1.82, 2.24) is 5.32 Å². The summed E-state index contributed by atoms with van der Waals surface area (Å²) in [5, 5.41) is 13.3. The van der Waals surface area contributed by atoms with Crippen molar-refractivity contribution in [3.8, 4) is 0 Å². The summed E-state index contributed by atoms with van der Waals surface area (Å²) in [5.74, 6) is -0.824. The summed E-state index contributed by atoms with van der Waals surface area (Å²) in [4.78, 5) is 0. The Hall–Kier alpha value is -1.01. The fraction of sp³-hybridized carbons (Fsp3) is 0.714. The van der Waals surface area contributed by atoms with Gasteiger partial charge in [-0.05, 0) is 38.3 Å². The summed E-state index contributed by atoms with van der Waals surface area (Å²) >= 11 is 0. The molecule has 1 heterocycles. The predicted molar refractivity (Wildman–Crippen MR) is 68.1 cm³/mol. The average molecular weight is 291 g/mol. The maximum atomic E-state index is 12.7. The van der Waals surface area contributed by atoms with E-state index < -0.39 is 17.7 Å². The smallest absolute Gasteiger partial charge is 0.391 e. The van der Waals surface area contributed by atoms with Gasteiger partial charge in [0.15, 0.2) is 0 Å². The van der Waals surface area contributed by atoms with Gasteiger partial charge < -0.3 is 14.8 Å². The molecule has 3 nitrogen and oxygen atoms in total. The lowest BCUT2D eigenvalue weighted by molar-refractivity contribution is -0.183. The molecule has 1 aromatic rings. The van der Waals surface area contributed by atoms with Crippen molar-refractivity contribution in [2.24, 2.45) is 5.92 Å². The lowest BCUT2D eigenvalue weighted by atomic mass is 9.85. The van der Waals surface area contributed by atoms with E-state index in [1.807, 2.05) is 0 Å². The van der Waals surface area contributed by atoms with Crippen molar-refractivity contribution in [3.63, 3.8) is 0 Å².